The van der Waals surface area contributed by atoms with Crippen LogP contribution < -0.4 is 10.6 Å². The fourth-order valence-corrected chi connectivity index (χ4v) is 5.07. The average Bonchev–Trinajstić information content (AvgIpc) is 2.74. The first-order valence-electron chi connectivity index (χ1n) is 10.7. The molecule has 2 aliphatic rings. The Morgan fingerprint density at radius 2 is 1.73 bits per heavy atom. The summed E-state index contributed by atoms with van der Waals surface area (Å²) in [4.78, 5) is 27.8. The third-order valence-electron chi connectivity index (χ3n) is 6.13. The van der Waals surface area contributed by atoms with Gasteiger partial charge in [-0.1, -0.05) is 32.0 Å². The third kappa shape index (κ3) is 4.47. The van der Waals surface area contributed by atoms with E-state index in [0.717, 1.165) is 28.3 Å². The first kappa shape index (κ1) is 23.2. The number of hydrogen-bond acceptors (Lipinski definition) is 4. The molecular weight excluding hydrogens is 442 g/mol. The fraction of sp³-hybridized carbons (Fsp3) is 0.308. The molecule has 2 aromatic rings. The largest absolute Gasteiger partial charge is 0.362 e. The summed E-state index contributed by atoms with van der Waals surface area (Å²) in [5.41, 5.74) is 2.28. The molecule has 0 bridgehead atoms. The highest BCUT2D eigenvalue weighted by Crippen LogP contribution is 2.47. The second-order valence-electron chi connectivity index (χ2n) is 9.25. The van der Waals surface area contributed by atoms with Crippen LogP contribution in [-0.4, -0.2) is 17.9 Å². The molecule has 172 valence electrons. The number of Topliss-reactive ketones (excluding diaryl/α,β-unsaturated/α-hetero) is 1. The van der Waals surface area contributed by atoms with Gasteiger partial charge in [0.2, 0.25) is 0 Å². The second-order valence-corrected chi connectivity index (χ2v) is 10.1. The fourth-order valence-electron chi connectivity index (χ4n) is 4.66. The van der Waals surface area contributed by atoms with Gasteiger partial charge >= 0.3 is 0 Å². The van der Waals surface area contributed by atoms with E-state index in [0.29, 0.717) is 24.1 Å². The van der Waals surface area contributed by atoms with Crippen molar-refractivity contribution in [1.29, 1.82) is 0 Å². The van der Waals surface area contributed by atoms with Crippen LogP contribution in [0.25, 0.3) is 0 Å². The number of amides is 1. The highest BCUT2D eigenvalue weighted by molar-refractivity contribution is 7.98. The van der Waals surface area contributed by atoms with Crippen molar-refractivity contribution in [2.24, 2.45) is 5.41 Å². The highest BCUT2D eigenvalue weighted by atomic mass is 32.2. The normalized spacial score (nSPS) is 19.8. The average molecular weight is 469 g/mol. The van der Waals surface area contributed by atoms with Crippen molar-refractivity contribution < 1.29 is 18.4 Å². The summed E-state index contributed by atoms with van der Waals surface area (Å²) in [6, 6.07) is 11.1. The number of ketones is 1. The lowest BCUT2D eigenvalue weighted by Crippen LogP contribution is -2.39. The van der Waals surface area contributed by atoms with Crippen LogP contribution in [0, 0.1) is 17.0 Å². The molecule has 1 heterocycles. The molecule has 1 aliphatic heterocycles. The van der Waals surface area contributed by atoms with Crippen molar-refractivity contribution in [3.63, 3.8) is 0 Å². The molecule has 4 nitrogen and oxygen atoms in total. The van der Waals surface area contributed by atoms with E-state index in [4.69, 9.17) is 0 Å². The molecule has 0 fully saturated rings. The van der Waals surface area contributed by atoms with Crippen LogP contribution in [0.5, 0.6) is 0 Å². The Hall–Kier alpha value is -2.93. The van der Waals surface area contributed by atoms with Crippen molar-refractivity contribution >= 4 is 29.1 Å². The number of rotatable bonds is 4. The van der Waals surface area contributed by atoms with Crippen molar-refractivity contribution in [2.45, 2.75) is 44.4 Å². The Kier molecular flexibility index (Phi) is 6.18. The van der Waals surface area contributed by atoms with Gasteiger partial charge < -0.3 is 10.6 Å². The van der Waals surface area contributed by atoms with E-state index in [2.05, 4.69) is 10.6 Å². The van der Waals surface area contributed by atoms with Crippen molar-refractivity contribution in [2.75, 3.05) is 11.6 Å². The van der Waals surface area contributed by atoms with Gasteiger partial charge in [-0.05, 0) is 54.8 Å². The van der Waals surface area contributed by atoms with Crippen LogP contribution in [-0.2, 0) is 9.59 Å². The number of para-hydroxylation sites is 1. The zero-order chi connectivity index (χ0) is 23.9. The molecule has 1 atom stereocenters. The zero-order valence-corrected chi connectivity index (χ0v) is 19.8. The molecule has 4 rings (SSSR count). The van der Waals surface area contributed by atoms with Crippen LogP contribution >= 0.6 is 11.8 Å². The Morgan fingerprint density at radius 3 is 2.33 bits per heavy atom. The minimum Gasteiger partial charge on any atom is -0.362 e. The summed E-state index contributed by atoms with van der Waals surface area (Å²) in [7, 11) is 0. The maximum absolute atomic E-state index is 14.2. The summed E-state index contributed by atoms with van der Waals surface area (Å²) < 4.78 is 28.5. The minimum atomic E-state index is -0.860. The monoisotopic (exact) mass is 468 g/mol. The van der Waals surface area contributed by atoms with E-state index < -0.39 is 29.1 Å². The number of halogens is 2. The topological polar surface area (TPSA) is 58.2 Å². The minimum absolute atomic E-state index is 0.0254. The van der Waals surface area contributed by atoms with Gasteiger partial charge in [0.05, 0.1) is 0 Å². The van der Waals surface area contributed by atoms with Crippen molar-refractivity contribution in [3.8, 4) is 0 Å². The van der Waals surface area contributed by atoms with Gasteiger partial charge in [-0.3, -0.25) is 9.59 Å². The van der Waals surface area contributed by atoms with Gasteiger partial charge in [0.1, 0.15) is 17.3 Å². The van der Waals surface area contributed by atoms with Crippen molar-refractivity contribution in [1.82, 2.24) is 5.32 Å². The van der Waals surface area contributed by atoms with E-state index in [-0.39, 0.29) is 16.8 Å². The quantitative estimate of drug-likeness (QED) is 0.546. The van der Waals surface area contributed by atoms with Gasteiger partial charge in [0.25, 0.3) is 5.91 Å². The number of hydrogen-bond donors (Lipinski definition) is 2. The van der Waals surface area contributed by atoms with Crippen molar-refractivity contribution in [3.05, 3.63) is 82.2 Å². The molecule has 0 spiro atoms. The lowest BCUT2D eigenvalue weighted by molar-refractivity contribution is -0.118. The number of carbonyl (C=O) groups excluding carboxylic acids is 2. The molecule has 1 aliphatic carbocycles. The molecule has 0 aromatic heterocycles. The van der Waals surface area contributed by atoms with Crippen LogP contribution in [0.4, 0.5) is 14.5 Å². The van der Waals surface area contributed by atoms with Crippen LogP contribution in [0.2, 0.25) is 0 Å². The highest BCUT2D eigenvalue weighted by Gasteiger charge is 2.42. The van der Waals surface area contributed by atoms with Crippen LogP contribution in [0.15, 0.2) is 69.9 Å². The Morgan fingerprint density at radius 1 is 1.09 bits per heavy atom. The Labute approximate surface area is 196 Å². The molecule has 33 heavy (non-hydrogen) atoms. The molecule has 0 saturated carbocycles. The molecular formula is C26H26F2N2O2S. The molecule has 1 unspecified atom stereocenters. The number of thioether (sulfide) groups is 1. The van der Waals surface area contributed by atoms with Crippen LogP contribution in [0.3, 0.4) is 0 Å². The molecule has 1 amide bonds. The van der Waals surface area contributed by atoms with E-state index >= 15 is 0 Å². The summed E-state index contributed by atoms with van der Waals surface area (Å²) in [6.45, 7) is 5.84. The smallest absolute Gasteiger partial charge is 0.254 e. The molecule has 0 radical (unpaired) electrons. The van der Waals surface area contributed by atoms with E-state index in [1.165, 1.54) is 6.07 Å². The summed E-state index contributed by atoms with van der Waals surface area (Å²) in [6.07, 6.45) is 3.00. The Balaban J connectivity index is 1.82. The van der Waals surface area contributed by atoms with Crippen LogP contribution in [0.1, 0.15) is 45.1 Å². The first-order chi connectivity index (χ1) is 15.6. The SMILES string of the molecule is CSc1ccc(C2C(C(=O)Nc3c(F)cccc3F)=C(C)NC3=C2C(=O)CC(C)(C)C3)cc1. The lowest BCUT2D eigenvalue weighted by Gasteiger charge is -2.39. The Bertz CT molecular complexity index is 1180. The maximum Gasteiger partial charge on any atom is 0.254 e. The molecule has 7 heteroatoms. The number of anilines is 1. The van der Waals surface area contributed by atoms with Gasteiger partial charge in [0, 0.05) is 39.8 Å². The van der Waals surface area contributed by atoms with Gasteiger partial charge in [-0.25, -0.2) is 8.78 Å². The molecule has 0 saturated heterocycles. The standard InChI is InChI=1S/C26H26F2N2O2S/c1-14-21(25(32)30-24-17(27)6-5-7-18(24)28)22(15-8-10-16(33-4)11-9-15)23-19(29-14)12-26(2,3)13-20(23)31/h5-11,22,29H,12-13H2,1-4H3,(H,30,32). The lowest BCUT2D eigenvalue weighted by atomic mass is 9.68. The molecule has 2 N–H and O–H groups in total. The second kappa shape index (κ2) is 8.78. The predicted molar refractivity (Wildman–Crippen MR) is 127 cm³/mol. The third-order valence-corrected chi connectivity index (χ3v) is 6.88. The number of carbonyl (C=O) groups is 2. The molecule has 2 aromatic carbocycles. The number of dihydropyridines is 1. The van der Waals surface area contributed by atoms with Gasteiger partial charge in [0.15, 0.2) is 5.78 Å². The number of benzene rings is 2. The first-order valence-corrected chi connectivity index (χ1v) is 12.0. The predicted octanol–water partition coefficient (Wildman–Crippen LogP) is 5.93. The van der Waals surface area contributed by atoms with Gasteiger partial charge in [-0.15, -0.1) is 11.8 Å². The maximum atomic E-state index is 14.2. The summed E-state index contributed by atoms with van der Waals surface area (Å²) in [5, 5.41) is 5.66. The van der Waals surface area contributed by atoms with E-state index in [1.807, 2.05) is 44.4 Å². The van der Waals surface area contributed by atoms with E-state index in [1.54, 1.807) is 18.7 Å². The van der Waals surface area contributed by atoms with E-state index in [9.17, 15) is 18.4 Å². The zero-order valence-electron chi connectivity index (χ0n) is 19.0. The summed E-state index contributed by atoms with van der Waals surface area (Å²) >= 11 is 1.59. The van der Waals surface area contributed by atoms with Gasteiger partial charge in [-0.2, -0.15) is 0 Å². The number of allylic oxidation sites excluding steroid dienone is 3. The summed E-state index contributed by atoms with van der Waals surface area (Å²) in [5.74, 6) is -3.02. The number of nitrogens with one attached hydrogen (secondary N) is 2.